The molecule has 5 nitrogen and oxygen atoms in total. The monoisotopic (exact) mass is 183 g/mol. The van der Waals surface area contributed by atoms with Crippen LogP contribution in [0.15, 0.2) is 6.07 Å². The quantitative estimate of drug-likeness (QED) is 0.673. The Kier molecular flexibility index (Phi) is 2.67. The first kappa shape index (κ1) is 9.73. The number of aliphatic carboxylic acids is 1. The first-order valence-electron chi connectivity index (χ1n) is 3.98. The van der Waals surface area contributed by atoms with Crippen LogP contribution in [-0.4, -0.2) is 26.9 Å². The molecule has 3 N–H and O–H groups in total. The zero-order valence-corrected chi connectivity index (χ0v) is 7.69. The van der Waals surface area contributed by atoms with Gasteiger partial charge in [0, 0.05) is 19.2 Å². The fourth-order valence-electron chi connectivity index (χ4n) is 1.17. The molecule has 0 saturated heterocycles. The number of nitrogens with zero attached hydrogens (tertiary/aromatic N) is 2. The van der Waals surface area contributed by atoms with Gasteiger partial charge in [0.25, 0.3) is 0 Å². The Balaban J connectivity index is 2.74. The topological polar surface area (TPSA) is 81.1 Å². The molecule has 0 aliphatic carbocycles. The molecule has 0 fully saturated rings. The van der Waals surface area contributed by atoms with Gasteiger partial charge in [-0.05, 0) is 13.0 Å². The van der Waals surface area contributed by atoms with Crippen molar-refractivity contribution in [2.75, 3.05) is 0 Å². The number of nitrogens with two attached hydrogens (primary N) is 1. The van der Waals surface area contributed by atoms with Crippen molar-refractivity contribution in [1.29, 1.82) is 0 Å². The van der Waals surface area contributed by atoms with Crippen LogP contribution in [0.5, 0.6) is 0 Å². The van der Waals surface area contributed by atoms with Crippen molar-refractivity contribution in [2.24, 2.45) is 12.8 Å². The summed E-state index contributed by atoms with van der Waals surface area (Å²) in [6.45, 7) is 1.86. The van der Waals surface area contributed by atoms with Crippen molar-refractivity contribution in [1.82, 2.24) is 9.78 Å². The Morgan fingerprint density at radius 2 is 2.46 bits per heavy atom. The Bertz CT molecular complexity index is 319. The van der Waals surface area contributed by atoms with Crippen LogP contribution >= 0.6 is 0 Å². The average molecular weight is 183 g/mol. The maximum absolute atomic E-state index is 10.5. The van der Waals surface area contributed by atoms with Crippen molar-refractivity contribution in [2.45, 2.75) is 19.4 Å². The van der Waals surface area contributed by atoms with Crippen molar-refractivity contribution in [3.8, 4) is 0 Å². The molecule has 1 aromatic heterocycles. The van der Waals surface area contributed by atoms with E-state index in [2.05, 4.69) is 5.10 Å². The van der Waals surface area contributed by atoms with E-state index in [4.69, 9.17) is 10.8 Å². The largest absolute Gasteiger partial charge is 0.480 e. The van der Waals surface area contributed by atoms with Crippen molar-refractivity contribution in [3.05, 3.63) is 17.5 Å². The number of aromatic nitrogens is 2. The SMILES string of the molecule is Cc1cc(CC(N)C(=O)O)n(C)n1. The maximum atomic E-state index is 10.5. The summed E-state index contributed by atoms with van der Waals surface area (Å²) in [5.74, 6) is -0.987. The fourth-order valence-corrected chi connectivity index (χ4v) is 1.17. The number of hydrogen-bond donors (Lipinski definition) is 2. The summed E-state index contributed by atoms with van der Waals surface area (Å²) >= 11 is 0. The Morgan fingerprint density at radius 1 is 1.85 bits per heavy atom. The molecule has 0 radical (unpaired) electrons. The summed E-state index contributed by atoms with van der Waals surface area (Å²) in [5.41, 5.74) is 7.10. The highest BCUT2D eigenvalue weighted by Crippen LogP contribution is 2.04. The standard InChI is InChI=1S/C8H13N3O2/c1-5-3-6(11(2)10-5)4-7(9)8(12)13/h3,7H,4,9H2,1-2H3,(H,12,13). The van der Waals surface area contributed by atoms with Crippen LogP contribution < -0.4 is 5.73 Å². The van der Waals surface area contributed by atoms with E-state index in [1.807, 2.05) is 13.0 Å². The first-order valence-corrected chi connectivity index (χ1v) is 3.98. The summed E-state index contributed by atoms with van der Waals surface area (Å²) in [7, 11) is 1.77. The van der Waals surface area contributed by atoms with Crippen LogP contribution in [0, 0.1) is 6.92 Å². The van der Waals surface area contributed by atoms with Crippen molar-refractivity contribution < 1.29 is 9.90 Å². The summed E-state index contributed by atoms with van der Waals surface area (Å²) in [4.78, 5) is 10.5. The highest BCUT2D eigenvalue weighted by atomic mass is 16.4. The predicted octanol–water partition coefficient (Wildman–Crippen LogP) is -0.317. The third-order valence-corrected chi connectivity index (χ3v) is 1.85. The zero-order valence-electron chi connectivity index (χ0n) is 7.69. The molecule has 0 spiro atoms. The molecule has 1 aromatic rings. The molecule has 0 aliphatic rings. The van der Waals surface area contributed by atoms with Crippen LogP contribution in [0.25, 0.3) is 0 Å². The van der Waals surface area contributed by atoms with Crippen molar-refractivity contribution >= 4 is 5.97 Å². The smallest absolute Gasteiger partial charge is 0.320 e. The van der Waals surface area contributed by atoms with Gasteiger partial charge in [-0.25, -0.2) is 0 Å². The maximum Gasteiger partial charge on any atom is 0.320 e. The second kappa shape index (κ2) is 3.57. The summed E-state index contributed by atoms with van der Waals surface area (Å²) < 4.78 is 1.65. The van der Waals surface area contributed by atoms with Gasteiger partial charge in [-0.1, -0.05) is 0 Å². The number of hydrogen-bond acceptors (Lipinski definition) is 3. The van der Waals surface area contributed by atoms with Gasteiger partial charge in [0.05, 0.1) is 5.69 Å². The lowest BCUT2D eigenvalue weighted by Gasteiger charge is -2.05. The number of carbonyl (C=O) groups is 1. The Hall–Kier alpha value is -1.36. The third kappa shape index (κ3) is 2.29. The molecular formula is C8H13N3O2. The van der Waals surface area contributed by atoms with Gasteiger partial charge >= 0.3 is 5.97 Å². The van der Waals surface area contributed by atoms with Gasteiger partial charge in [0.15, 0.2) is 0 Å². The van der Waals surface area contributed by atoms with Crippen molar-refractivity contribution in [3.63, 3.8) is 0 Å². The first-order chi connectivity index (χ1) is 6.00. The molecule has 0 aliphatic heterocycles. The van der Waals surface area contributed by atoms with E-state index in [1.54, 1.807) is 11.7 Å². The second-order valence-corrected chi connectivity index (χ2v) is 3.05. The molecule has 0 saturated carbocycles. The van der Waals surface area contributed by atoms with E-state index in [9.17, 15) is 4.79 Å². The van der Waals surface area contributed by atoms with Gasteiger partial charge in [-0.2, -0.15) is 5.10 Å². The minimum absolute atomic E-state index is 0.312. The predicted molar refractivity (Wildman–Crippen MR) is 47.3 cm³/mol. The molecule has 0 amide bonds. The van der Waals surface area contributed by atoms with Crippen LogP contribution in [0.4, 0.5) is 0 Å². The van der Waals surface area contributed by atoms with E-state index in [0.717, 1.165) is 11.4 Å². The third-order valence-electron chi connectivity index (χ3n) is 1.85. The Morgan fingerprint density at radius 3 is 2.85 bits per heavy atom. The molecule has 5 heteroatoms. The van der Waals surface area contributed by atoms with Gasteiger partial charge in [0.1, 0.15) is 6.04 Å². The second-order valence-electron chi connectivity index (χ2n) is 3.05. The van der Waals surface area contributed by atoms with Gasteiger partial charge < -0.3 is 10.8 Å². The lowest BCUT2D eigenvalue weighted by atomic mass is 10.1. The van der Waals surface area contributed by atoms with E-state index in [0.29, 0.717) is 6.42 Å². The van der Waals surface area contributed by atoms with Gasteiger partial charge in [-0.15, -0.1) is 0 Å². The number of carboxylic acid groups (broad SMARTS) is 1. The highest BCUT2D eigenvalue weighted by molar-refractivity contribution is 5.73. The molecule has 0 bridgehead atoms. The molecular weight excluding hydrogens is 170 g/mol. The minimum Gasteiger partial charge on any atom is -0.480 e. The number of carboxylic acids is 1. The molecule has 0 aromatic carbocycles. The zero-order chi connectivity index (χ0) is 10.0. The highest BCUT2D eigenvalue weighted by Gasteiger charge is 2.14. The molecule has 1 rings (SSSR count). The summed E-state index contributed by atoms with van der Waals surface area (Å²) in [6.07, 6.45) is 0.312. The van der Waals surface area contributed by atoms with Gasteiger partial charge in [-0.3, -0.25) is 9.48 Å². The molecule has 13 heavy (non-hydrogen) atoms. The van der Waals surface area contributed by atoms with E-state index < -0.39 is 12.0 Å². The molecule has 1 unspecified atom stereocenters. The number of aryl methyl sites for hydroxylation is 2. The Labute approximate surface area is 76.2 Å². The summed E-state index contributed by atoms with van der Waals surface area (Å²) in [6, 6.07) is 0.984. The van der Waals surface area contributed by atoms with Crippen LogP contribution in [0.1, 0.15) is 11.4 Å². The van der Waals surface area contributed by atoms with Crippen LogP contribution in [-0.2, 0) is 18.3 Å². The fraction of sp³-hybridized carbons (Fsp3) is 0.500. The molecule has 1 heterocycles. The average Bonchev–Trinajstić information content (AvgIpc) is 2.30. The van der Waals surface area contributed by atoms with E-state index in [1.165, 1.54) is 0 Å². The molecule has 72 valence electrons. The van der Waals surface area contributed by atoms with Gasteiger partial charge in [0.2, 0.25) is 0 Å². The molecule has 1 atom stereocenters. The lowest BCUT2D eigenvalue weighted by Crippen LogP contribution is -2.32. The van der Waals surface area contributed by atoms with Crippen LogP contribution in [0.3, 0.4) is 0 Å². The number of rotatable bonds is 3. The minimum atomic E-state index is -0.987. The van der Waals surface area contributed by atoms with Crippen LogP contribution in [0.2, 0.25) is 0 Å². The van der Waals surface area contributed by atoms with E-state index >= 15 is 0 Å². The summed E-state index contributed by atoms with van der Waals surface area (Å²) in [5, 5.41) is 12.7. The van der Waals surface area contributed by atoms with E-state index in [-0.39, 0.29) is 0 Å². The lowest BCUT2D eigenvalue weighted by molar-refractivity contribution is -0.138. The normalized spacial score (nSPS) is 12.8.